The maximum Gasteiger partial charge on any atom is -0.00963 e. The summed E-state index contributed by atoms with van der Waals surface area (Å²) in [6.45, 7) is 4.49. The number of hydrogen-bond donors (Lipinski definition) is 0. The van der Waals surface area contributed by atoms with E-state index in [0.29, 0.717) is 0 Å². The Morgan fingerprint density at radius 2 is 1.27 bits per heavy atom. The molecule has 4 aromatic rings. The van der Waals surface area contributed by atoms with Gasteiger partial charge in [0.15, 0.2) is 0 Å². The second-order valence-corrected chi connectivity index (χ2v) is 6.00. The summed E-state index contributed by atoms with van der Waals surface area (Å²) < 4.78 is 0. The molecular weight excluding hydrogens is 264 g/mol. The normalized spacial score (nSPS) is 11.5. The maximum atomic E-state index is 2.41. The quantitative estimate of drug-likeness (QED) is 0.300. The molecule has 0 atom stereocenters. The molecule has 0 aliphatic carbocycles. The van der Waals surface area contributed by atoms with Gasteiger partial charge in [0.2, 0.25) is 0 Å². The number of aryl methyl sites for hydroxylation is 2. The van der Waals surface area contributed by atoms with E-state index < -0.39 is 0 Å². The first kappa shape index (κ1) is 13.3. The minimum Gasteiger partial charge on any atom is -0.0616 e. The van der Waals surface area contributed by atoms with Crippen LogP contribution in [0, 0.1) is 0 Å². The van der Waals surface area contributed by atoms with Crippen LogP contribution in [0.4, 0.5) is 0 Å². The van der Waals surface area contributed by atoms with Gasteiger partial charge in [0.1, 0.15) is 0 Å². The Bertz CT molecular complexity index is 993. The van der Waals surface area contributed by atoms with E-state index in [1.165, 1.54) is 43.4 Å². The summed E-state index contributed by atoms with van der Waals surface area (Å²) in [6, 6.07) is 22.6. The van der Waals surface area contributed by atoms with Crippen molar-refractivity contribution in [3.63, 3.8) is 0 Å². The lowest BCUT2D eigenvalue weighted by Crippen LogP contribution is -1.89. The highest BCUT2D eigenvalue weighted by Gasteiger charge is 2.08. The zero-order valence-corrected chi connectivity index (χ0v) is 13.2. The highest BCUT2D eigenvalue weighted by Crippen LogP contribution is 2.33. The molecule has 0 unspecified atom stereocenters. The molecule has 0 N–H and O–H groups in total. The fourth-order valence-corrected chi connectivity index (χ4v) is 3.61. The van der Waals surface area contributed by atoms with Crippen molar-refractivity contribution < 1.29 is 0 Å². The average molecular weight is 284 g/mol. The van der Waals surface area contributed by atoms with Crippen molar-refractivity contribution in [2.45, 2.75) is 26.7 Å². The molecule has 4 aromatic carbocycles. The molecule has 0 heteroatoms. The molecule has 0 saturated heterocycles. The summed E-state index contributed by atoms with van der Waals surface area (Å²) in [6.07, 6.45) is 2.15. The molecule has 22 heavy (non-hydrogen) atoms. The third-order valence-corrected chi connectivity index (χ3v) is 4.80. The van der Waals surface area contributed by atoms with E-state index in [1.54, 1.807) is 0 Å². The minimum atomic E-state index is 1.07. The third-order valence-electron chi connectivity index (χ3n) is 4.80. The molecule has 0 aliphatic rings. The monoisotopic (exact) mass is 284 g/mol. The molecule has 0 saturated carbocycles. The van der Waals surface area contributed by atoms with Crippen molar-refractivity contribution in [3.05, 3.63) is 71.8 Å². The summed E-state index contributed by atoms with van der Waals surface area (Å²) >= 11 is 0. The van der Waals surface area contributed by atoms with Gasteiger partial charge in [0.25, 0.3) is 0 Å². The van der Waals surface area contributed by atoms with Gasteiger partial charge in [-0.1, -0.05) is 62.4 Å². The average Bonchev–Trinajstić information content (AvgIpc) is 2.58. The fraction of sp³-hybridized carbons (Fsp3) is 0.182. The molecular formula is C22H20. The highest BCUT2D eigenvalue weighted by molar-refractivity contribution is 6.13. The minimum absolute atomic E-state index is 1.07. The van der Waals surface area contributed by atoms with Crippen LogP contribution in [0.15, 0.2) is 60.7 Å². The van der Waals surface area contributed by atoms with Crippen LogP contribution in [0.2, 0.25) is 0 Å². The van der Waals surface area contributed by atoms with Crippen molar-refractivity contribution >= 4 is 32.3 Å². The summed E-state index contributed by atoms with van der Waals surface area (Å²) in [4.78, 5) is 0. The molecule has 0 aromatic heterocycles. The first-order chi connectivity index (χ1) is 10.8. The number of hydrogen-bond acceptors (Lipinski definition) is 0. The largest absolute Gasteiger partial charge is 0.0616 e. The van der Waals surface area contributed by atoms with Gasteiger partial charge >= 0.3 is 0 Å². The van der Waals surface area contributed by atoms with Crippen LogP contribution in [0.3, 0.4) is 0 Å². The Hall–Kier alpha value is -2.34. The number of benzene rings is 4. The van der Waals surface area contributed by atoms with E-state index in [1.807, 2.05) is 0 Å². The van der Waals surface area contributed by atoms with Gasteiger partial charge in [-0.3, -0.25) is 0 Å². The van der Waals surface area contributed by atoms with E-state index in [4.69, 9.17) is 0 Å². The highest BCUT2D eigenvalue weighted by atomic mass is 14.1. The lowest BCUT2D eigenvalue weighted by Gasteiger charge is -2.12. The van der Waals surface area contributed by atoms with Gasteiger partial charge in [-0.05, 0) is 68.4 Å². The maximum absolute atomic E-state index is 2.41. The van der Waals surface area contributed by atoms with Gasteiger partial charge in [0, 0.05) is 0 Å². The van der Waals surface area contributed by atoms with Crippen molar-refractivity contribution in [2.24, 2.45) is 0 Å². The molecule has 0 radical (unpaired) electrons. The van der Waals surface area contributed by atoms with Crippen LogP contribution in [-0.4, -0.2) is 0 Å². The van der Waals surface area contributed by atoms with Crippen LogP contribution in [0.25, 0.3) is 32.3 Å². The summed E-state index contributed by atoms with van der Waals surface area (Å²) in [5, 5.41) is 8.26. The van der Waals surface area contributed by atoms with Crippen LogP contribution in [0.5, 0.6) is 0 Å². The smallest absolute Gasteiger partial charge is 0.00963 e. The standard InChI is InChI=1S/C22H20/c1-3-15-9-7-10-18-13-22-19-11-6-5-8-17(19)12-16(4-2)21(22)14-20(15)18/h5-14H,3-4H2,1-2H3. The molecule has 0 amide bonds. The van der Waals surface area contributed by atoms with Gasteiger partial charge in [-0.15, -0.1) is 0 Å². The van der Waals surface area contributed by atoms with Crippen LogP contribution in [0.1, 0.15) is 25.0 Å². The van der Waals surface area contributed by atoms with Gasteiger partial charge in [0.05, 0.1) is 0 Å². The predicted octanol–water partition coefficient (Wildman–Crippen LogP) is 6.27. The Kier molecular flexibility index (Phi) is 3.11. The van der Waals surface area contributed by atoms with Crippen molar-refractivity contribution in [3.8, 4) is 0 Å². The van der Waals surface area contributed by atoms with Crippen LogP contribution in [-0.2, 0) is 12.8 Å². The third kappa shape index (κ3) is 1.91. The zero-order chi connectivity index (χ0) is 15.1. The van der Waals surface area contributed by atoms with E-state index in [-0.39, 0.29) is 0 Å². The lowest BCUT2D eigenvalue weighted by molar-refractivity contribution is 1.16. The Morgan fingerprint density at radius 1 is 0.545 bits per heavy atom. The number of rotatable bonds is 2. The Balaban J connectivity index is 2.24. The predicted molar refractivity (Wildman–Crippen MR) is 97.7 cm³/mol. The Morgan fingerprint density at radius 3 is 2.09 bits per heavy atom. The van der Waals surface area contributed by atoms with Crippen LogP contribution < -0.4 is 0 Å². The van der Waals surface area contributed by atoms with E-state index in [2.05, 4.69) is 74.5 Å². The summed E-state index contributed by atoms with van der Waals surface area (Å²) in [5.41, 5.74) is 2.89. The second kappa shape index (κ2) is 5.14. The Labute approximate surface area is 131 Å². The SMILES string of the molecule is CCc1cccc2cc3c(cc12)c(CC)cc1ccccc13. The summed E-state index contributed by atoms with van der Waals surface area (Å²) in [5.74, 6) is 0. The first-order valence-corrected chi connectivity index (χ1v) is 8.17. The van der Waals surface area contributed by atoms with Crippen molar-refractivity contribution in [1.82, 2.24) is 0 Å². The molecule has 4 rings (SSSR count). The zero-order valence-electron chi connectivity index (χ0n) is 13.2. The van der Waals surface area contributed by atoms with Crippen molar-refractivity contribution in [1.29, 1.82) is 0 Å². The van der Waals surface area contributed by atoms with Crippen molar-refractivity contribution in [2.75, 3.05) is 0 Å². The van der Waals surface area contributed by atoms with E-state index >= 15 is 0 Å². The molecule has 108 valence electrons. The van der Waals surface area contributed by atoms with Gasteiger partial charge in [-0.2, -0.15) is 0 Å². The van der Waals surface area contributed by atoms with Crippen LogP contribution >= 0.6 is 0 Å². The molecule has 0 aliphatic heterocycles. The van der Waals surface area contributed by atoms with E-state index in [0.717, 1.165) is 12.8 Å². The fourth-order valence-electron chi connectivity index (χ4n) is 3.61. The summed E-state index contributed by atoms with van der Waals surface area (Å²) in [7, 11) is 0. The molecule has 0 spiro atoms. The molecule has 0 heterocycles. The molecule has 0 bridgehead atoms. The van der Waals surface area contributed by atoms with E-state index in [9.17, 15) is 0 Å². The first-order valence-electron chi connectivity index (χ1n) is 8.17. The number of fused-ring (bicyclic) bond motifs is 4. The van der Waals surface area contributed by atoms with Gasteiger partial charge in [-0.25, -0.2) is 0 Å². The molecule has 0 nitrogen and oxygen atoms in total. The van der Waals surface area contributed by atoms with Gasteiger partial charge < -0.3 is 0 Å². The second-order valence-electron chi connectivity index (χ2n) is 6.00. The topological polar surface area (TPSA) is 0 Å². The lowest BCUT2D eigenvalue weighted by atomic mass is 9.92. The molecule has 0 fully saturated rings.